The van der Waals surface area contributed by atoms with Crippen LogP contribution in [0.3, 0.4) is 0 Å². The van der Waals surface area contributed by atoms with Crippen molar-refractivity contribution in [1.29, 1.82) is 0 Å². The first-order chi connectivity index (χ1) is 34.4. The van der Waals surface area contributed by atoms with Gasteiger partial charge in [0.2, 0.25) is 0 Å². The van der Waals surface area contributed by atoms with Gasteiger partial charge >= 0.3 is 23.9 Å². The first kappa shape index (κ1) is 61.1. The highest BCUT2D eigenvalue weighted by Crippen LogP contribution is 2.43. The van der Waals surface area contributed by atoms with Crippen LogP contribution in [-0.4, -0.2) is 45.3 Å². The number of aliphatic carboxylic acids is 2. The predicted octanol–water partition coefficient (Wildman–Crippen LogP) is 16.0. The Balaban J connectivity index is 0.000000385. The maximum absolute atomic E-state index is 12.0. The Morgan fingerprint density at radius 3 is 1.36 bits per heavy atom. The lowest BCUT2D eigenvalue weighted by Crippen LogP contribution is -2.36. The zero-order valence-electron chi connectivity index (χ0n) is 46.5. The van der Waals surface area contributed by atoms with Crippen LogP contribution in [0.15, 0.2) is 112 Å². The van der Waals surface area contributed by atoms with E-state index in [2.05, 4.69) is 106 Å². The molecule has 0 fully saturated rings. The van der Waals surface area contributed by atoms with Crippen molar-refractivity contribution in [2.75, 3.05) is 0 Å². The molecule has 2 aliphatic heterocycles. The standard InChI is InChI=1S/C32H44O5.C31H42O5/c1-22(2)11-8-12-23(3)13-9-14-24(4)15-10-19-32(7)20-18-27-21-28(25(5)26(6)31(27)37-32)36-30(35)17-16-29(33)34;1-22(2)10-7-11-23(3)12-8-13-24(4)14-9-18-31(6)19-17-26-21-27(20-25(5)30(26)36-31)35-29(34)16-15-28(32)33/h11,13,15-17,21H,8-10,12,14,18-20H2,1-7H3,(H,33,34);10,12,14-16,20-21H,7-9,11,13,17-19H2,1-6H3,(H,32,33)/b17-16-,23-13+,24-15+;16-15-,23-12+,24-14+/t32-;31-/m11/s1. The van der Waals surface area contributed by atoms with Crippen LogP contribution in [0.1, 0.15) is 187 Å². The average molecular weight is 1000 g/mol. The lowest BCUT2D eigenvalue weighted by atomic mass is 9.86. The molecule has 398 valence electrons. The lowest BCUT2D eigenvalue weighted by Gasteiger charge is -2.37. The Labute approximate surface area is 437 Å². The van der Waals surface area contributed by atoms with Gasteiger partial charge in [-0.05, 0) is 239 Å². The number of carbonyl (C=O) groups excluding carboxylic acids is 2. The molecule has 0 radical (unpaired) electrons. The third-order valence-corrected chi connectivity index (χ3v) is 13.5. The van der Waals surface area contributed by atoms with Gasteiger partial charge in [0.15, 0.2) is 0 Å². The van der Waals surface area contributed by atoms with Gasteiger partial charge in [-0.3, -0.25) is 0 Å². The molecule has 2 aromatic carbocycles. The van der Waals surface area contributed by atoms with E-state index in [0.717, 1.165) is 166 Å². The number of hydrogen-bond acceptors (Lipinski definition) is 8. The molecule has 0 bridgehead atoms. The van der Waals surface area contributed by atoms with Crippen LogP contribution in [0.5, 0.6) is 23.0 Å². The number of carbonyl (C=O) groups is 4. The fourth-order valence-electron chi connectivity index (χ4n) is 8.81. The second-order valence-electron chi connectivity index (χ2n) is 21.1. The van der Waals surface area contributed by atoms with E-state index in [0.29, 0.717) is 11.5 Å². The highest BCUT2D eigenvalue weighted by Gasteiger charge is 2.34. The van der Waals surface area contributed by atoms with E-state index in [1.165, 1.54) is 33.4 Å². The third-order valence-electron chi connectivity index (χ3n) is 13.5. The van der Waals surface area contributed by atoms with Gasteiger partial charge < -0.3 is 29.2 Å². The number of aryl methyl sites for hydroxylation is 3. The van der Waals surface area contributed by atoms with Crippen molar-refractivity contribution in [3.63, 3.8) is 0 Å². The first-order valence-electron chi connectivity index (χ1n) is 26.2. The molecular formula is C63H86O10. The van der Waals surface area contributed by atoms with E-state index in [1.807, 2.05) is 32.9 Å². The van der Waals surface area contributed by atoms with Crippen molar-refractivity contribution in [2.24, 2.45) is 0 Å². The molecule has 0 aliphatic carbocycles. The molecule has 2 aromatic rings. The minimum absolute atomic E-state index is 0.238. The minimum Gasteiger partial charge on any atom is -0.487 e. The third kappa shape index (κ3) is 23.1. The zero-order chi connectivity index (χ0) is 54.3. The van der Waals surface area contributed by atoms with Crippen molar-refractivity contribution in [2.45, 2.75) is 204 Å². The summed E-state index contributed by atoms with van der Waals surface area (Å²) in [6, 6.07) is 5.42. The van der Waals surface area contributed by atoms with Crippen molar-refractivity contribution < 1.29 is 48.3 Å². The molecule has 0 unspecified atom stereocenters. The number of allylic oxidation sites excluding steroid dienone is 12. The van der Waals surface area contributed by atoms with E-state index in [4.69, 9.17) is 29.2 Å². The fourth-order valence-corrected chi connectivity index (χ4v) is 8.81. The number of hydrogen-bond donors (Lipinski definition) is 2. The van der Waals surface area contributed by atoms with Crippen molar-refractivity contribution in [3.05, 3.63) is 140 Å². The van der Waals surface area contributed by atoms with E-state index < -0.39 is 23.9 Å². The number of benzene rings is 2. The normalized spacial score (nSPS) is 17.9. The largest absolute Gasteiger partial charge is 0.487 e. The molecule has 4 rings (SSSR count). The Bertz CT molecular complexity index is 2500. The van der Waals surface area contributed by atoms with Crippen LogP contribution in [0.2, 0.25) is 0 Å². The van der Waals surface area contributed by atoms with Gasteiger partial charge in [0.25, 0.3) is 0 Å². The van der Waals surface area contributed by atoms with Crippen molar-refractivity contribution >= 4 is 23.9 Å². The number of ether oxygens (including phenoxy) is 4. The molecule has 2 aliphatic rings. The highest BCUT2D eigenvalue weighted by atomic mass is 16.5. The van der Waals surface area contributed by atoms with Crippen molar-refractivity contribution in [1.82, 2.24) is 0 Å². The van der Waals surface area contributed by atoms with Gasteiger partial charge in [-0.2, -0.15) is 0 Å². The summed E-state index contributed by atoms with van der Waals surface area (Å²) in [5, 5.41) is 17.4. The Morgan fingerprint density at radius 2 is 0.918 bits per heavy atom. The van der Waals surface area contributed by atoms with E-state index in [1.54, 1.807) is 6.07 Å². The van der Waals surface area contributed by atoms with Crippen LogP contribution in [0.4, 0.5) is 0 Å². The van der Waals surface area contributed by atoms with Crippen LogP contribution in [0.25, 0.3) is 0 Å². The topological polar surface area (TPSA) is 146 Å². The summed E-state index contributed by atoms with van der Waals surface area (Å²) in [6.07, 6.45) is 33.5. The number of rotatable bonds is 24. The molecule has 73 heavy (non-hydrogen) atoms. The quantitative estimate of drug-likeness (QED) is 0.0451. The Hall–Kier alpha value is -6.16. The van der Waals surface area contributed by atoms with E-state index in [-0.39, 0.29) is 11.2 Å². The number of esters is 2. The van der Waals surface area contributed by atoms with Gasteiger partial charge in [-0.1, -0.05) is 69.9 Å². The maximum atomic E-state index is 12.0. The molecule has 0 saturated heterocycles. The Morgan fingerprint density at radius 1 is 0.521 bits per heavy atom. The summed E-state index contributed by atoms with van der Waals surface area (Å²) in [5.41, 5.74) is 12.8. The lowest BCUT2D eigenvalue weighted by molar-refractivity contribution is -0.133. The molecular weight excluding hydrogens is 917 g/mol. The summed E-state index contributed by atoms with van der Waals surface area (Å²) in [5.74, 6) is -1.21. The summed E-state index contributed by atoms with van der Waals surface area (Å²) in [4.78, 5) is 45.0. The number of carboxylic acid groups (broad SMARTS) is 2. The van der Waals surface area contributed by atoms with Crippen molar-refractivity contribution in [3.8, 4) is 23.0 Å². The predicted molar refractivity (Wildman–Crippen MR) is 296 cm³/mol. The second kappa shape index (κ2) is 30.1. The second-order valence-corrected chi connectivity index (χ2v) is 21.1. The summed E-state index contributed by atoms with van der Waals surface area (Å²) in [7, 11) is 0. The molecule has 10 nitrogen and oxygen atoms in total. The van der Waals surface area contributed by atoms with E-state index >= 15 is 0 Å². The van der Waals surface area contributed by atoms with Crippen LogP contribution in [0, 0.1) is 20.8 Å². The van der Waals surface area contributed by atoms with Gasteiger partial charge in [0.05, 0.1) is 0 Å². The zero-order valence-corrected chi connectivity index (χ0v) is 46.5. The number of fused-ring (bicyclic) bond motifs is 2. The SMILES string of the molecule is CC(C)=CCC/C(C)=C/CC/C(C)=C/CC[C@]1(C)CCc2cc(OC(=O)/C=C\C(=O)O)c(C)c(C)c2O1.CC(C)=CCC/C(C)=C/CC/C(C)=C/CC[C@]1(C)CCc2cc(OC(=O)/C=C\C(=O)O)cc(C)c2O1. The molecule has 2 heterocycles. The molecule has 2 atom stereocenters. The Kier molecular flexibility index (Phi) is 25.2. The monoisotopic (exact) mass is 1000 g/mol. The molecule has 0 amide bonds. The van der Waals surface area contributed by atoms with Crippen LogP contribution in [-0.2, 0) is 32.0 Å². The number of carboxylic acids is 2. The van der Waals surface area contributed by atoms with Gasteiger partial charge in [-0.25, -0.2) is 19.2 Å². The van der Waals surface area contributed by atoms with Gasteiger partial charge in [-0.15, -0.1) is 0 Å². The average Bonchev–Trinajstić information content (AvgIpc) is 3.30. The molecule has 0 aromatic heterocycles. The summed E-state index contributed by atoms with van der Waals surface area (Å²) >= 11 is 0. The highest BCUT2D eigenvalue weighted by molar-refractivity contribution is 5.92. The fraction of sp³-hybridized carbons (Fsp3) is 0.492. The van der Waals surface area contributed by atoms with Gasteiger partial charge in [0.1, 0.15) is 34.2 Å². The molecule has 0 spiro atoms. The smallest absolute Gasteiger partial charge is 0.336 e. The maximum Gasteiger partial charge on any atom is 0.336 e. The molecule has 2 N–H and O–H groups in total. The summed E-state index contributed by atoms with van der Waals surface area (Å²) in [6.45, 7) is 27.6. The molecule has 0 saturated carbocycles. The molecule has 10 heteroatoms. The van der Waals surface area contributed by atoms with E-state index in [9.17, 15) is 19.2 Å². The van der Waals surface area contributed by atoms with Crippen LogP contribution >= 0.6 is 0 Å². The van der Waals surface area contributed by atoms with Crippen LogP contribution < -0.4 is 18.9 Å². The minimum atomic E-state index is -1.19. The summed E-state index contributed by atoms with van der Waals surface area (Å²) < 4.78 is 23.7. The first-order valence-corrected chi connectivity index (χ1v) is 26.2. The van der Waals surface area contributed by atoms with Gasteiger partial charge in [0, 0.05) is 24.3 Å².